The van der Waals surface area contributed by atoms with Gasteiger partial charge in [0.15, 0.2) is 0 Å². The first-order valence-corrected chi connectivity index (χ1v) is 8.02. The zero-order valence-electron chi connectivity index (χ0n) is 13.0. The molecule has 2 fully saturated rings. The van der Waals surface area contributed by atoms with Gasteiger partial charge in [0.25, 0.3) is 0 Å². The van der Waals surface area contributed by atoms with Crippen molar-refractivity contribution in [3.63, 3.8) is 0 Å². The second kappa shape index (κ2) is 6.23. The number of nitrogens with zero attached hydrogens (tertiary/aromatic N) is 2. The smallest absolute Gasteiger partial charge is 0.144 e. The minimum absolute atomic E-state index is 0.0443. The second-order valence-electron chi connectivity index (χ2n) is 6.56. The van der Waals surface area contributed by atoms with Crippen LogP contribution in [-0.2, 0) is 4.74 Å². The Hall–Kier alpha value is -1.64. The van der Waals surface area contributed by atoms with Crippen molar-refractivity contribution in [1.29, 1.82) is 5.26 Å². The molecule has 1 spiro atoms. The lowest BCUT2D eigenvalue weighted by Crippen LogP contribution is -2.40. The molecule has 2 atom stereocenters. The molecule has 1 aromatic heterocycles. The van der Waals surface area contributed by atoms with Crippen molar-refractivity contribution in [2.75, 3.05) is 25.1 Å². The van der Waals surface area contributed by atoms with E-state index >= 15 is 0 Å². The van der Waals surface area contributed by atoms with E-state index < -0.39 is 0 Å². The fourth-order valence-corrected chi connectivity index (χ4v) is 3.83. The Morgan fingerprint density at radius 3 is 2.91 bits per heavy atom. The van der Waals surface area contributed by atoms with Crippen LogP contribution in [0.15, 0.2) is 12.1 Å². The van der Waals surface area contributed by atoms with Crippen molar-refractivity contribution in [3.8, 4) is 6.07 Å². The third-order valence-corrected chi connectivity index (χ3v) is 5.26. The monoisotopic (exact) mass is 301 g/mol. The van der Waals surface area contributed by atoms with Crippen LogP contribution in [0.1, 0.15) is 36.9 Å². The number of pyridine rings is 1. The Kier molecular flexibility index (Phi) is 4.32. The van der Waals surface area contributed by atoms with Gasteiger partial charge in [-0.2, -0.15) is 5.26 Å². The van der Waals surface area contributed by atoms with Crippen LogP contribution in [0, 0.1) is 29.6 Å². The summed E-state index contributed by atoms with van der Waals surface area (Å²) in [6.07, 6.45) is 3.70. The zero-order chi connectivity index (χ0) is 15.6. The average Bonchev–Trinajstić information content (AvgIpc) is 2.83. The fourth-order valence-electron chi connectivity index (χ4n) is 3.83. The molecule has 22 heavy (non-hydrogen) atoms. The van der Waals surface area contributed by atoms with E-state index in [9.17, 15) is 5.11 Å². The largest absolute Gasteiger partial charge is 0.392 e. The van der Waals surface area contributed by atoms with Crippen LogP contribution in [0.25, 0.3) is 0 Å². The molecule has 1 aliphatic carbocycles. The van der Waals surface area contributed by atoms with Gasteiger partial charge in [0.1, 0.15) is 11.9 Å². The summed E-state index contributed by atoms with van der Waals surface area (Å²) in [6.45, 7) is 4.09. The molecule has 118 valence electrons. The topological polar surface area (TPSA) is 78.2 Å². The Morgan fingerprint density at radius 2 is 2.18 bits per heavy atom. The number of aliphatic hydroxyl groups excluding tert-OH is 1. The van der Waals surface area contributed by atoms with Gasteiger partial charge in [0, 0.05) is 36.8 Å². The van der Waals surface area contributed by atoms with Crippen LogP contribution >= 0.6 is 0 Å². The van der Waals surface area contributed by atoms with Gasteiger partial charge in [0.05, 0.1) is 11.7 Å². The van der Waals surface area contributed by atoms with Crippen LogP contribution in [-0.4, -0.2) is 36.0 Å². The quantitative estimate of drug-likeness (QED) is 0.895. The average molecular weight is 301 g/mol. The van der Waals surface area contributed by atoms with Gasteiger partial charge in [-0.1, -0.05) is 0 Å². The Labute approximate surface area is 131 Å². The molecule has 0 bridgehead atoms. The highest BCUT2D eigenvalue weighted by Crippen LogP contribution is 2.48. The maximum absolute atomic E-state index is 10.7. The predicted octanol–water partition coefficient (Wildman–Crippen LogP) is 2.24. The third-order valence-electron chi connectivity index (χ3n) is 5.26. The van der Waals surface area contributed by atoms with Gasteiger partial charge >= 0.3 is 0 Å². The SMILES string of the molecule is Cc1ccc(C#N)c(NC[C@@H]2CCC3(CCOCC3)[C@@H]2O)n1. The van der Waals surface area contributed by atoms with Crippen molar-refractivity contribution in [2.45, 2.75) is 38.7 Å². The molecule has 5 heteroatoms. The van der Waals surface area contributed by atoms with Crippen LogP contribution < -0.4 is 5.32 Å². The Balaban J connectivity index is 1.65. The number of aryl methyl sites for hydroxylation is 1. The summed E-state index contributed by atoms with van der Waals surface area (Å²) in [7, 11) is 0. The van der Waals surface area contributed by atoms with Crippen molar-refractivity contribution in [2.24, 2.45) is 11.3 Å². The lowest BCUT2D eigenvalue weighted by Gasteiger charge is -2.37. The molecule has 2 heterocycles. The molecular weight excluding hydrogens is 278 g/mol. The molecule has 1 saturated carbocycles. The maximum atomic E-state index is 10.7. The Morgan fingerprint density at radius 1 is 1.41 bits per heavy atom. The van der Waals surface area contributed by atoms with E-state index in [1.165, 1.54) is 0 Å². The maximum Gasteiger partial charge on any atom is 0.144 e. The highest BCUT2D eigenvalue weighted by Gasteiger charge is 2.47. The minimum Gasteiger partial charge on any atom is -0.392 e. The number of aliphatic hydroxyl groups is 1. The molecule has 0 amide bonds. The summed E-state index contributed by atoms with van der Waals surface area (Å²) >= 11 is 0. The summed E-state index contributed by atoms with van der Waals surface area (Å²) in [6, 6.07) is 5.79. The molecule has 1 aliphatic heterocycles. The molecular formula is C17H23N3O2. The minimum atomic E-state index is -0.292. The van der Waals surface area contributed by atoms with Gasteiger partial charge in [0.2, 0.25) is 0 Å². The molecule has 5 nitrogen and oxygen atoms in total. The Bertz CT molecular complexity index is 576. The van der Waals surface area contributed by atoms with E-state index in [0.717, 1.165) is 44.6 Å². The molecule has 2 aliphatic rings. The first-order valence-electron chi connectivity index (χ1n) is 8.02. The van der Waals surface area contributed by atoms with Crippen molar-refractivity contribution >= 4 is 5.82 Å². The van der Waals surface area contributed by atoms with Crippen LogP contribution in [0.3, 0.4) is 0 Å². The molecule has 0 aromatic carbocycles. The van der Waals surface area contributed by atoms with Gasteiger partial charge in [-0.05, 0) is 44.7 Å². The zero-order valence-corrected chi connectivity index (χ0v) is 13.0. The van der Waals surface area contributed by atoms with E-state index in [1.54, 1.807) is 6.07 Å². The van der Waals surface area contributed by atoms with Gasteiger partial charge in [-0.25, -0.2) is 4.98 Å². The highest BCUT2D eigenvalue weighted by molar-refractivity contribution is 5.52. The molecule has 1 aromatic rings. The lowest BCUT2D eigenvalue weighted by atomic mass is 9.76. The van der Waals surface area contributed by atoms with Crippen molar-refractivity contribution < 1.29 is 9.84 Å². The number of nitrogens with one attached hydrogen (secondary N) is 1. The summed E-state index contributed by atoms with van der Waals surface area (Å²) < 4.78 is 5.44. The predicted molar refractivity (Wildman–Crippen MR) is 83.4 cm³/mol. The van der Waals surface area contributed by atoms with Gasteiger partial charge in [-0.15, -0.1) is 0 Å². The second-order valence-corrected chi connectivity index (χ2v) is 6.56. The summed E-state index contributed by atoms with van der Waals surface area (Å²) in [5.41, 5.74) is 1.48. The van der Waals surface area contributed by atoms with Gasteiger partial charge < -0.3 is 15.2 Å². The van der Waals surface area contributed by atoms with E-state index in [4.69, 9.17) is 10.00 Å². The standard InChI is InChI=1S/C17H23N3O2/c1-12-2-3-13(10-18)16(20-12)19-11-14-4-5-17(15(14)21)6-8-22-9-7-17/h2-3,14-15,21H,4-9,11H2,1H3,(H,19,20)/t14-,15+/m0/s1. The van der Waals surface area contributed by atoms with E-state index in [1.807, 2.05) is 13.0 Å². The molecule has 1 saturated heterocycles. The fraction of sp³-hybridized carbons (Fsp3) is 0.647. The van der Waals surface area contributed by atoms with Crippen molar-refractivity contribution in [3.05, 3.63) is 23.4 Å². The molecule has 0 radical (unpaired) electrons. The highest BCUT2D eigenvalue weighted by atomic mass is 16.5. The number of aromatic nitrogens is 1. The lowest BCUT2D eigenvalue weighted by molar-refractivity contribution is -0.0545. The van der Waals surface area contributed by atoms with Crippen LogP contribution in [0.5, 0.6) is 0 Å². The molecule has 3 rings (SSSR count). The first-order chi connectivity index (χ1) is 10.6. The summed E-state index contributed by atoms with van der Waals surface area (Å²) in [5, 5.41) is 23.2. The number of nitriles is 1. The normalized spacial score (nSPS) is 26.8. The van der Waals surface area contributed by atoms with E-state index in [2.05, 4.69) is 16.4 Å². The van der Waals surface area contributed by atoms with E-state index in [-0.39, 0.29) is 17.4 Å². The summed E-state index contributed by atoms with van der Waals surface area (Å²) in [4.78, 5) is 4.40. The number of ether oxygens (including phenoxy) is 1. The number of hydrogen-bond donors (Lipinski definition) is 2. The van der Waals surface area contributed by atoms with Gasteiger partial charge in [-0.3, -0.25) is 0 Å². The number of rotatable bonds is 3. The first kappa shape index (κ1) is 15.3. The number of hydrogen-bond acceptors (Lipinski definition) is 5. The van der Waals surface area contributed by atoms with Crippen molar-refractivity contribution in [1.82, 2.24) is 4.98 Å². The molecule has 0 unspecified atom stereocenters. The summed E-state index contributed by atoms with van der Waals surface area (Å²) in [5.74, 6) is 0.842. The van der Waals surface area contributed by atoms with Crippen LogP contribution in [0.4, 0.5) is 5.82 Å². The van der Waals surface area contributed by atoms with E-state index in [0.29, 0.717) is 17.9 Å². The number of anilines is 1. The molecule has 2 N–H and O–H groups in total. The van der Waals surface area contributed by atoms with Crippen LogP contribution in [0.2, 0.25) is 0 Å². The third kappa shape index (κ3) is 2.81.